The second-order valence-electron chi connectivity index (χ2n) is 5.81. The molecule has 1 aliphatic rings. The molecule has 3 heteroatoms. The molecule has 0 aliphatic heterocycles. The van der Waals surface area contributed by atoms with Crippen LogP contribution in [0.15, 0.2) is 24.3 Å². The van der Waals surface area contributed by atoms with E-state index >= 15 is 0 Å². The predicted molar refractivity (Wildman–Crippen MR) is 83.7 cm³/mol. The van der Waals surface area contributed by atoms with Crippen molar-refractivity contribution in [2.75, 3.05) is 18.6 Å². The molecule has 2 N–H and O–H groups in total. The third-order valence-electron chi connectivity index (χ3n) is 3.80. The van der Waals surface area contributed by atoms with Crippen molar-refractivity contribution in [3.8, 4) is 0 Å². The van der Waals surface area contributed by atoms with Crippen molar-refractivity contribution in [2.45, 2.75) is 44.2 Å². The van der Waals surface area contributed by atoms with Crippen LogP contribution in [-0.2, 0) is 6.42 Å². The third kappa shape index (κ3) is 4.23. The predicted octanol–water partition coefficient (Wildman–Crippen LogP) is 3.16. The summed E-state index contributed by atoms with van der Waals surface area (Å²) < 4.78 is 0. The molecule has 1 aliphatic carbocycles. The molecule has 0 bridgehead atoms. The van der Waals surface area contributed by atoms with Gasteiger partial charge in [0.25, 0.3) is 0 Å². The Morgan fingerprint density at radius 3 is 2.95 bits per heavy atom. The first-order valence-corrected chi connectivity index (χ1v) is 8.54. The van der Waals surface area contributed by atoms with Gasteiger partial charge < -0.3 is 10.4 Å². The van der Waals surface area contributed by atoms with Gasteiger partial charge in [-0.25, -0.2) is 0 Å². The van der Waals surface area contributed by atoms with E-state index in [1.165, 1.54) is 36.8 Å². The molecule has 0 aromatic heterocycles. The Balaban J connectivity index is 2.04. The van der Waals surface area contributed by atoms with Gasteiger partial charge in [-0.3, -0.25) is 0 Å². The molecule has 0 amide bonds. The van der Waals surface area contributed by atoms with Gasteiger partial charge in [0, 0.05) is 18.3 Å². The van der Waals surface area contributed by atoms with Crippen molar-refractivity contribution in [1.29, 1.82) is 0 Å². The lowest BCUT2D eigenvalue weighted by Crippen LogP contribution is -2.41. The van der Waals surface area contributed by atoms with Gasteiger partial charge in [-0.1, -0.05) is 30.7 Å². The largest absolute Gasteiger partial charge is 0.388 e. The number of hydrogen-bond donors (Lipinski definition) is 2. The molecule has 0 saturated heterocycles. The first-order valence-electron chi connectivity index (χ1n) is 7.15. The van der Waals surface area contributed by atoms with Gasteiger partial charge in [0.15, 0.2) is 0 Å². The Bertz CT molecular complexity index is 405. The summed E-state index contributed by atoms with van der Waals surface area (Å²) in [5.74, 6) is 0.772. The highest BCUT2D eigenvalue weighted by Gasteiger charge is 2.23. The van der Waals surface area contributed by atoms with Gasteiger partial charge in [-0.15, -0.1) is 0 Å². The monoisotopic (exact) mass is 279 g/mol. The molecule has 0 heterocycles. The van der Waals surface area contributed by atoms with Crippen LogP contribution in [0.25, 0.3) is 0 Å². The van der Waals surface area contributed by atoms with Gasteiger partial charge in [-0.05, 0) is 43.6 Å². The van der Waals surface area contributed by atoms with Gasteiger partial charge in [0.1, 0.15) is 0 Å². The van der Waals surface area contributed by atoms with Gasteiger partial charge in [0.05, 0.1) is 5.60 Å². The van der Waals surface area contributed by atoms with Gasteiger partial charge in [0.2, 0.25) is 0 Å². The molecule has 2 nitrogen and oxygen atoms in total. The molecule has 2 atom stereocenters. The second-order valence-corrected chi connectivity index (χ2v) is 6.67. The van der Waals surface area contributed by atoms with E-state index in [1.54, 1.807) is 11.8 Å². The Hall–Kier alpha value is -0.510. The zero-order valence-electron chi connectivity index (χ0n) is 12.0. The molecule has 19 heavy (non-hydrogen) atoms. The summed E-state index contributed by atoms with van der Waals surface area (Å²) in [5, 5.41) is 13.9. The van der Waals surface area contributed by atoms with Gasteiger partial charge >= 0.3 is 0 Å². The molecule has 0 saturated carbocycles. The fraction of sp³-hybridized carbons (Fsp3) is 0.625. The standard InChI is InChI=1S/C16H25NOS/c1-16(18,12-19-2)11-17-15-10-6-4-8-13-7-3-5-9-14(13)15/h3,5,7,9,15,17-18H,4,6,8,10-12H2,1-2H3. The fourth-order valence-electron chi connectivity index (χ4n) is 2.84. The van der Waals surface area contributed by atoms with Crippen LogP contribution in [0.1, 0.15) is 43.4 Å². The smallest absolute Gasteiger partial charge is 0.0833 e. The van der Waals surface area contributed by atoms with Crippen LogP contribution in [0.4, 0.5) is 0 Å². The van der Waals surface area contributed by atoms with Crippen LogP contribution in [0.5, 0.6) is 0 Å². The number of thioether (sulfide) groups is 1. The molecule has 106 valence electrons. The van der Waals surface area contributed by atoms with Crippen LogP contribution in [0.3, 0.4) is 0 Å². The van der Waals surface area contributed by atoms with E-state index in [9.17, 15) is 5.11 Å². The molecule has 1 aromatic rings. The number of benzene rings is 1. The molecule has 2 unspecified atom stereocenters. The van der Waals surface area contributed by atoms with E-state index in [1.807, 2.05) is 13.2 Å². The molecule has 1 aromatic carbocycles. The lowest BCUT2D eigenvalue weighted by atomic mass is 9.98. The third-order valence-corrected chi connectivity index (χ3v) is 4.71. The molecule has 0 radical (unpaired) electrons. The van der Waals surface area contributed by atoms with Crippen molar-refractivity contribution in [1.82, 2.24) is 5.32 Å². The number of nitrogens with one attached hydrogen (secondary N) is 1. The summed E-state index contributed by atoms with van der Waals surface area (Å²) in [6.45, 7) is 2.58. The normalized spacial score (nSPS) is 22.4. The van der Waals surface area contributed by atoms with Crippen molar-refractivity contribution in [3.63, 3.8) is 0 Å². The van der Waals surface area contributed by atoms with E-state index in [4.69, 9.17) is 0 Å². The van der Waals surface area contributed by atoms with E-state index in [0.717, 1.165) is 5.75 Å². The first-order chi connectivity index (χ1) is 9.12. The van der Waals surface area contributed by atoms with Crippen molar-refractivity contribution < 1.29 is 5.11 Å². The minimum Gasteiger partial charge on any atom is -0.388 e. The maximum atomic E-state index is 10.3. The van der Waals surface area contributed by atoms with E-state index in [0.29, 0.717) is 12.6 Å². The summed E-state index contributed by atoms with van der Waals surface area (Å²) in [5.41, 5.74) is 2.28. The average Bonchev–Trinajstić information content (AvgIpc) is 2.58. The zero-order chi connectivity index (χ0) is 13.7. The fourth-order valence-corrected chi connectivity index (χ4v) is 3.56. The van der Waals surface area contributed by atoms with Crippen LogP contribution >= 0.6 is 11.8 Å². The Morgan fingerprint density at radius 1 is 1.37 bits per heavy atom. The highest BCUT2D eigenvalue weighted by molar-refractivity contribution is 7.98. The SMILES string of the molecule is CSCC(C)(O)CNC1CCCCc2ccccc21. The molecular formula is C16H25NOS. The highest BCUT2D eigenvalue weighted by Crippen LogP contribution is 2.28. The number of fused-ring (bicyclic) bond motifs is 1. The summed E-state index contributed by atoms with van der Waals surface area (Å²) in [4.78, 5) is 0. The minimum atomic E-state index is -0.624. The van der Waals surface area contributed by atoms with Gasteiger partial charge in [-0.2, -0.15) is 11.8 Å². The molecular weight excluding hydrogens is 254 g/mol. The lowest BCUT2D eigenvalue weighted by Gasteiger charge is -2.27. The first kappa shape index (κ1) is 14.9. The molecule has 0 spiro atoms. The van der Waals surface area contributed by atoms with Crippen molar-refractivity contribution in [3.05, 3.63) is 35.4 Å². The minimum absolute atomic E-state index is 0.395. The van der Waals surface area contributed by atoms with Crippen LogP contribution in [0.2, 0.25) is 0 Å². The topological polar surface area (TPSA) is 32.3 Å². The lowest BCUT2D eigenvalue weighted by molar-refractivity contribution is 0.0809. The Labute approximate surface area is 121 Å². The molecule has 2 rings (SSSR count). The van der Waals surface area contributed by atoms with E-state index < -0.39 is 5.60 Å². The maximum Gasteiger partial charge on any atom is 0.0833 e. The summed E-state index contributed by atoms with van der Waals surface area (Å²) in [6.07, 6.45) is 6.94. The Morgan fingerprint density at radius 2 is 2.16 bits per heavy atom. The quantitative estimate of drug-likeness (QED) is 0.812. The van der Waals surface area contributed by atoms with Crippen molar-refractivity contribution in [2.24, 2.45) is 0 Å². The van der Waals surface area contributed by atoms with E-state index in [-0.39, 0.29) is 0 Å². The average molecular weight is 279 g/mol. The number of hydrogen-bond acceptors (Lipinski definition) is 3. The number of aliphatic hydroxyl groups is 1. The van der Waals surface area contributed by atoms with Crippen LogP contribution in [-0.4, -0.2) is 29.3 Å². The number of rotatable bonds is 5. The molecule has 0 fully saturated rings. The van der Waals surface area contributed by atoms with E-state index in [2.05, 4.69) is 29.6 Å². The summed E-state index contributed by atoms with van der Waals surface area (Å²) >= 11 is 1.69. The summed E-state index contributed by atoms with van der Waals surface area (Å²) in [7, 11) is 0. The summed E-state index contributed by atoms with van der Waals surface area (Å²) in [6, 6.07) is 9.13. The van der Waals surface area contributed by atoms with Crippen LogP contribution < -0.4 is 5.32 Å². The number of aryl methyl sites for hydroxylation is 1. The maximum absolute atomic E-state index is 10.3. The Kier molecular flexibility index (Phi) is 5.31. The highest BCUT2D eigenvalue weighted by atomic mass is 32.2. The van der Waals surface area contributed by atoms with Crippen molar-refractivity contribution >= 4 is 11.8 Å². The zero-order valence-corrected chi connectivity index (χ0v) is 12.8. The second kappa shape index (κ2) is 6.78. The van der Waals surface area contributed by atoms with Crippen LogP contribution in [0, 0.1) is 0 Å².